The van der Waals surface area contributed by atoms with Crippen LogP contribution in [0.4, 0.5) is 0 Å². The van der Waals surface area contributed by atoms with Crippen molar-refractivity contribution in [3.63, 3.8) is 0 Å². The Bertz CT molecular complexity index is 350. The maximum absolute atomic E-state index is 11.8. The first-order valence-corrected chi connectivity index (χ1v) is 6.45. The highest BCUT2D eigenvalue weighted by atomic mass is 16.6. The number of rotatable bonds is 0. The first-order valence-electron chi connectivity index (χ1n) is 6.45. The van der Waals surface area contributed by atoms with Gasteiger partial charge in [0.1, 0.15) is 6.10 Å². The van der Waals surface area contributed by atoms with Crippen molar-refractivity contribution in [2.45, 2.75) is 47.1 Å². The van der Waals surface area contributed by atoms with Crippen LogP contribution in [0.1, 0.15) is 41.0 Å². The molecule has 0 spiro atoms. The Morgan fingerprint density at radius 3 is 2.50 bits per heavy atom. The summed E-state index contributed by atoms with van der Waals surface area (Å²) >= 11 is 0. The van der Waals surface area contributed by atoms with Crippen molar-refractivity contribution >= 4 is 5.97 Å². The van der Waals surface area contributed by atoms with E-state index in [0.29, 0.717) is 23.2 Å². The predicted molar refractivity (Wildman–Crippen MR) is 61.7 cm³/mol. The van der Waals surface area contributed by atoms with Gasteiger partial charge in [-0.25, -0.2) is 0 Å². The predicted octanol–water partition coefficient (Wildman–Crippen LogP) is 2.87. The van der Waals surface area contributed by atoms with Crippen LogP contribution in [0.25, 0.3) is 0 Å². The minimum atomic E-state index is 0.0809. The molecule has 2 aliphatic carbocycles. The highest BCUT2D eigenvalue weighted by Crippen LogP contribution is 2.69. The van der Waals surface area contributed by atoms with E-state index in [1.54, 1.807) is 0 Å². The largest absolute Gasteiger partial charge is 0.461 e. The van der Waals surface area contributed by atoms with Gasteiger partial charge in [0.05, 0.1) is 5.92 Å². The van der Waals surface area contributed by atoms with Crippen LogP contribution in [0.2, 0.25) is 0 Å². The van der Waals surface area contributed by atoms with E-state index in [0.717, 1.165) is 6.42 Å². The number of hydrogen-bond donors (Lipinski definition) is 0. The summed E-state index contributed by atoms with van der Waals surface area (Å²) in [4.78, 5) is 11.8. The topological polar surface area (TPSA) is 26.3 Å². The molecule has 0 aromatic heterocycles. The molecule has 0 aromatic carbocycles. The summed E-state index contributed by atoms with van der Waals surface area (Å²) in [6, 6.07) is 0. The summed E-state index contributed by atoms with van der Waals surface area (Å²) < 4.78 is 5.68. The van der Waals surface area contributed by atoms with Crippen LogP contribution in [0, 0.1) is 34.5 Å². The first-order chi connectivity index (χ1) is 7.24. The van der Waals surface area contributed by atoms with Crippen molar-refractivity contribution in [3.05, 3.63) is 0 Å². The monoisotopic (exact) mass is 222 g/mol. The molecule has 5 unspecified atom stereocenters. The Morgan fingerprint density at radius 2 is 1.94 bits per heavy atom. The van der Waals surface area contributed by atoms with Gasteiger partial charge in [0.2, 0.25) is 0 Å². The summed E-state index contributed by atoms with van der Waals surface area (Å²) in [6.45, 7) is 11.5. The lowest BCUT2D eigenvalue weighted by Gasteiger charge is -2.37. The van der Waals surface area contributed by atoms with Gasteiger partial charge in [-0.05, 0) is 23.2 Å². The van der Waals surface area contributed by atoms with Gasteiger partial charge >= 0.3 is 5.97 Å². The van der Waals surface area contributed by atoms with E-state index in [1.165, 1.54) is 0 Å². The Hall–Kier alpha value is -0.530. The molecular formula is C14H22O2. The lowest BCUT2D eigenvalue weighted by molar-refractivity contribution is -0.145. The van der Waals surface area contributed by atoms with E-state index in [1.807, 2.05) is 0 Å². The molecule has 1 aliphatic heterocycles. The zero-order valence-electron chi connectivity index (χ0n) is 10.9. The fourth-order valence-electron chi connectivity index (χ4n) is 4.91. The molecule has 2 nitrogen and oxygen atoms in total. The zero-order valence-corrected chi connectivity index (χ0v) is 10.9. The number of fused-ring (bicyclic) bond motifs is 1. The van der Waals surface area contributed by atoms with Gasteiger partial charge < -0.3 is 4.74 Å². The van der Waals surface area contributed by atoms with Crippen molar-refractivity contribution < 1.29 is 9.53 Å². The van der Waals surface area contributed by atoms with Crippen molar-refractivity contribution in [3.8, 4) is 0 Å². The molecule has 2 heteroatoms. The number of carbonyl (C=O) groups excluding carboxylic acids is 1. The molecule has 3 rings (SSSR count). The Kier molecular flexibility index (Phi) is 1.76. The number of carbonyl (C=O) groups is 1. The number of ether oxygens (including phenoxy) is 1. The Morgan fingerprint density at radius 1 is 1.31 bits per heavy atom. The van der Waals surface area contributed by atoms with Crippen LogP contribution in [-0.4, -0.2) is 12.1 Å². The van der Waals surface area contributed by atoms with Crippen LogP contribution in [-0.2, 0) is 9.53 Å². The average molecular weight is 222 g/mol. The quantitative estimate of drug-likeness (QED) is 0.589. The highest BCUT2D eigenvalue weighted by molar-refractivity contribution is 5.77. The lowest BCUT2D eigenvalue weighted by atomic mass is 9.68. The maximum atomic E-state index is 11.8. The van der Waals surface area contributed by atoms with Crippen molar-refractivity contribution in [2.24, 2.45) is 34.5 Å². The zero-order chi connectivity index (χ0) is 11.9. The second-order valence-corrected chi connectivity index (χ2v) is 7.59. The molecule has 0 radical (unpaired) electrons. The van der Waals surface area contributed by atoms with Crippen LogP contribution in [0.3, 0.4) is 0 Å². The number of esters is 1. The van der Waals surface area contributed by atoms with Gasteiger partial charge in [0.25, 0.3) is 0 Å². The number of hydrogen-bond acceptors (Lipinski definition) is 2. The van der Waals surface area contributed by atoms with E-state index < -0.39 is 0 Å². The van der Waals surface area contributed by atoms with Gasteiger partial charge in [-0.15, -0.1) is 0 Å². The van der Waals surface area contributed by atoms with E-state index in [2.05, 4.69) is 34.6 Å². The van der Waals surface area contributed by atoms with Crippen molar-refractivity contribution in [1.29, 1.82) is 0 Å². The summed E-state index contributed by atoms with van der Waals surface area (Å²) in [5.74, 6) is 1.99. The van der Waals surface area contributed by atoms with Crippen LogP contribution < -0.4 is 0 Å². The molecular weight excluding hydrogens is 200 g/mol. The molecule has 3 aliphatic rings. The van der Waals surface area contributed by atoms with Crippen molar-refractivity contribution in [1.82, 2.24) is 0 Å². The van der Waals surface area contributed by atoms with E-state index in [9.17, 15) is 4.79 Å². The fraction of sp³-hybridized carbons (Fsp3) is 0.929. The second kappa shape index (κ2) is 2.65. The molecule has 1 saturated heterocycles. The third-order valence-electron chi connectivity index (χ3n) is 5.45. The Labute approximate surface area is 97.7 Å². The molecule has 0 aromatic rings. The molecule has 0 amide bonds. The van der Waals surface area contributed by atoms with Gasteiger partial charge in [-0.2, -0.15) is 0 Å². The minimum Gasteiger partial charge on any atom is -0.461 e. The summed E-state index contributed by atoms with van der Waals surface area (Å²) in [5.41, 5.74) is 0.538. The van der Waals surface area contributed by atoms with Gasteiger partial charge in [0.15, 0.2) is 0 Å². The second-order valence-electron chi connectivity index (χ2n) is 7.59. The maximum Gasteiger partial charge on any atom is 0.309 e. The van der Waals surface area contributed by atoms with Crippen LogP contribution >= 0.6 is 0 Å². The van der Waals surface area contributed by atoms with Crippen LogP contribution in [0.5, 0.6) is 0 Å². The molecule has 16 heavy (non-hydrogen) atoms. The fourth-order valence-corrected chi connectivity index (χ4v) is 4.91. The normalized spacial score (nSPS) is 48.6. The lowest BCUT2D eigenvalue weighted by Crippen LogP contribution is -2.36. The molecule has 5 atom stereocenters. The van der Waals surface area contributed by atoms with Gasteiger partial charge in [0, 0.05) is 11.8 Å². The summed E-state index contributed by atoms with van der Waals surface area (Å²) in [7, 11) is 0. The SMILES string of the molecule is CC(C)(C)C1C2OC(=O)C3CC1C(C)(C)C32. The van der Waals surface area contributed by atoms with Crippen LogP contribution in [0.15, 0.2) is 0 Å². The molecule has 2 saturated carbocycles. The summed E-state index contributed by atoms with van der Waals surface area (Å²) in [5, 5.41) is 0. The molecule has 1 heterocycles. The first kappa shape index (κ1) is 10.6. The van der Waals surface area contributed by atoms with Crippen molar-refractivity contribution in [2.75, 3.05) is 0 Å². The average Bonchev–Trinajstić information content (AvgIpc) is 2.56. The third kappa shape index (κ3) is 1.01. The third-order valence-corrected chi connectivity index (χ3v) is 5.45. The molecule has 2 bridgehead atoms. The molecule has 3 fully saturated rings. The van der Waals surface area contributed by atoms with E-state index >= 15 is 0 Å². The van der Waals surface area contributed by atoms with Gasteiger partial charge in [-0.1, -0.05) is 34.6 Å². The molecule has 0 N–H and O–H groups in total. The Balaban J connectivity index is 2.06. The van der Waals surface area contributed by atoms with E-state index in [-0.39, 0.29) is 23.4 Å². The summed E-state index contributed by atoms with van der Waals surface area (Å²) in [6.07, 6.45) is 1.26. The van der Waals surface area contributed by atoms with Gasteiger partial charge in [-0.3, -0.25) is 4.79 Å². The minimum absolute atomic E-state index is 0.0809. The smallest absolute Gasteiger partial charge is 0.309 e. The van der Waals surface area contributed by atoms with E-state index in [4.69, 9.17) is 4.74 Å². The standard InChI is InChI=1S/C14H22O2/c1-13(2,3)10-8-6-7-9(14(8,4)5)11(10)16-12(7)15/h7-11H,6H2,1-5H3. The highest BCUT2D eigenvalue weighted by Gasteiger charge is 2.71. The molecule has 90 valence electrons.